The zero-order chi connectivity index (χ0) is 9.57. The molecule has 78 valence electrons. The molecular formula is C10H19ClOS. The highest BCUT2D eigenvalue weighted by Crippen LogP contribution is 2.36. The SMILES string of the molecule is CSCCCC1(CCl)CCOCC1. The second-order valence-corrected chi connectivity index (χ2v) is 5.10. The molecule has 0 unspecified atom stereocenters. The van der Waals surface area contributed by atoms with Gasteiger partial charge in [-0.25, -0.2) is 0 Å². The number of hydrogen-bond acceptors (Lipinski definition) is 2. The van der Waals surface area contributed by atoms with Gasteiger partial charge in [0, 0.05) is 19.1 Å². The summed E-state index contributed by atoms with van der Waals surface area (Å²) in [5.74, 6) is 2.07. The van der Waals surface area contributed by atoms with Crippen molar-refractivity contribution in [1.29, 1.82) is 0 Å². The summed E-state index contributed by atoms with van der Waals surface area (Å²) in [6, 6.07) is 0. The topological polar surface area (TPSA) is 9.23 Å². The van der Waals surface area contributed by atoms with Crippen LogP contribution >= 0.6 is 23.4 Å². The molecule has 0 aromatic rings. The lowest BCUT2D eigenvalue weighted by molar-refractivity contribution is 0.0214. The highest BCUT2D eigenvalue weighted by Gasteiger charge is 2.30. The maximum Gasteiger partial charge on any atom is 0.0471 e. The van der Waals surface area contributed by atoms with Crippen molar-refractivity contribution in [3.63, 3.8) is 0 Å². The Morgan fingerprint density at radius 1 is 1.38 bits per heavy atom. The Kier molecular flexibility index (Phi) is 5.52. The lowest BCUT2D eigenvalue weighted by Crippen LogP contribution is -2.31. The van der Waals surface area contributed by atoms with E-state index in [1.54, 1.807) is 0 Å². The van der Waals surface area contributed by atoms with E-state index in [1.807, 2.05) is 11.8 Å². The second-order valence-electron chi connectivity index (χ2n) is 3.84. The Bertz CT molecular complexity index is 135. The Morgan fingerprint density at radius 2 is 2.08 bits per heavy atom. The first-order chi connectivity index (χ1) is 6.33. The predicted molar refractivity (Wildman–Crippen MR) is 60.8 cm³/mol. The van der Waals surface area contributed by atoms with Crippen molar-refractivity contribution < 1.29 is 4.74 Å². The molecule has 0 spiro atoms. The van der Waals surface area contributed by atoms with Crippen molar-refractivity contribution in [3.8, 4) is 0 Å². The average Bonchev–Trinajstić information content (AvgIpc) is 2.20. The zero-order valence-electron chi connectivity index (χ0n) is 8.35. The van der Waals surface area contributed by atoms with E-state index in [2.05, 4.69) is 6.26 Å². The highest BCUT2D eigenvalue weighted by molar-refractivity contribution is 7.98. The van der Waals surface area contributed by atoms with Gasteiger partial charge in [0.15, 0.2) is 0 Å². The van der Waals surface area contributed by atoms with Crippen LogP contribution in [0.15, 0.2) is 0 Å². The number of ether oxygens (including phenoxy) is 1. The lowest BCUT2D eigenvalue weighted by atomic mass is 9.78. The molecular weight excluding hydrogens is 204 g/mol. The first-order valence-corrected chi connectivity index (χ1v) is 6.88. The van der Waals surface area contributed by atoms with Crippen molar-refractivity contribution in [2.45, 2.75) is 25.7 Å². The third kappa shape index (κ3) is 3.69. The molecule has 1 nitrogen and oxygen atoms in total. The van der Waals surface area contributed by atoms with E-state index < -0.39 is 0 Å². The molecule has 1 heterocycles. The molecule has 1 aliphatic heterocycles. The number of alkyl halides is 1. The van der Waals surface area contributed by atoms with Crippen molar-refractivity contribution in [3.05, 3.63) is 0 Å². The molecule has 1 saturated heterocycles. The molecule has 0 aromatic heterocycles. The molecule has 1 rings (SSSR count). The third-order valence-corrected chi connectivity index (χ3v) is 4.16. The van der Waals surface area contributed by atoms with Crippen LogP contribution < -0.4 is 0 Å². The van der Waals surface area contributed by atoms with Gasteiger partial charge in [0.25, 0.3) is 0 Å². The molecule has 0 saturated carbocycles. The van der Waals surface area contributed by atoms with Crippen LogP contribution in [0.3, 0.4) is 0 Å². The van der Waals surface area contributed by atoms with Crippen LogP contribution in [0.2, 0.25) is 0 Å². The van der Waals surface area contributed by atoms with Gasteiger partial charge in [0.1, 0.15) is 0 Å². The van der Waals surface area contributed by atoms with E-state index in [4.69, 9.17) is 16.3 Å². The van der Waals surface area contributed by atoms with Crippen molar-refractivity contribution >= 4 is 23.4 Å². The Hall–Kier alpha value is 0.600. The molecule has 13 heavy (non-hydrogen) atoms. The van der Waals surface area contributed by atoms with Crippen LogP contribution in [0.4, 0.5) is 0 Å². The van der Waals surface area contributed by atoms with Crippen LogP contribution in [0.1, 0.15) is 25.7 Å². The minimum Gasteiger partial charge on any atom is -0.381 e. The Morgan fingerprint density at radius 3 is 2.62 bits per heavy atom. The summed E-state index contributed by atoms with van der Waals surface area (Å²) in [4.78, 5) is 0. The van der Waals surface area contributed by atoms with E-state index in [1.165, 1.54) is 18.6 Å². The minimum atomic E-state index is 0.398. The van der Waals surface area contributed by atoms with Gasteiger partial charge in [0.05, 0.1) is 0 Å². The van der Waals surface area contributed by atoms with E-state index in [0.29, 0.717) is 5.41 Å². The largest absolute Gasteiger partial charge is 0.381 e. The van der Waals surface area contributed by atoms with Crippen LogP contribution in [0.25, 0.3) is 0 Å². The first kappa shape index (κ1) is 11.7. The van der Waals surface area contributed by atoms with Crippen LogP contribution in [0, 0.1) is 5.41 Å². The Labute approximate surface area is 90.6 Å². The van der Waals surface area contributed by atoms with E-state index >= 15 is 0 Å². The van der Waals surface area contributed by atoms with E-state index in [0.717, 1.165) is 31.9 Å². The molecule has 0 bridgehead atoms. The molecule has 0 radical (unpaired) electrons. The van der Waals surface area contributed by atoms with Gasteiger partial charge in [-0.2, -0.15) is 11.8 Å². The van der Waals surface area contributed by atoms with Crippen molar-refractivity contribution in [2.24, 2.45) is 5.41 Å². The maximum atomic E-state index is 6.05. The first-order valence-electron chi connectivity index (χ1n) is 4.96. The number of hydrogen-bond donors (Lipinski definition) is 0. The van der Waals surface area contributed by atoms with Gasteiger partial charge < -0.3 is 4.74 Å². The smallest absolute Gasteiger partial charge is 0.0471 e. The number of rotatable bonds is 5. The van der Waals surface area contributed by atoms with Crippen molar-refractivity contribution in [2.75, 3.05) is 31.1 Å². The summed E-state index contributed by atoms with van der Waals surface area (Å²) >= 11 is 7.98. The Balaban J connectivity index is 2.29. The molecule has 0 N–H and O–H groups in total. The molecule has 0 amide bonds. The predicted octanol–water partition coefficient (Wildman–Crippen LogP) is 3.17. The van der Waals surface area contributed by atoms with Crippen LogP contribution in [0.5, 0.6) is 0 Å². The molecule has 3 heteroatoms. The zero-order valence-corrected chi connectivity index (χ0v) is 9.92. The standard InChI is InChI=1S/C10H19ClOS/c1-13-8-2-3-10(9-11)4-6-12-7-5-10/h2-9H2,1H3. The quantitative estimate of drug-likeness (QED) is 0.522. The summed E-state index contributed by atoms with van der Waals surface area (Å²) in [6.07, 6.45) is 7.06. The molecule has 0 atom stereocenters. The van der Waals surface area contributed by atoms with Gasteiger partial charge in [-0.15, -0.1) is 11.6 Å². The summed E-state index contributed by atoms with van der Waals surface area (Å²) in [6.45, 7) is 1.82. The number of halogens is 1. The molecule has 1 fully saturated rings. The summed E-state index contributed by atoms with van der Waals surface area (Å²) in [7, 11) is 0. The number of thioether (sulfide) groups is 1. The summed E-state index contributed by atoms with van der Waals surface area (Å²) in [5, 5.41) is 0. The van der Waals surface area contributed by atoms with Gasteiger partial charge >= 0.3 is 0 Å². The van der Waals surface area contributed by atoms with Gasteiger partial charge in [-0.05, 0) is 43.1 Å². The van der Waals surface area contributed by atoms with E-state index in [9.17, 15) is 0 Å². The van der Waals surface area contributed by atoms with Gasteiger partial charge in [-0.3, -0.25) is 0 Å². The molecule has 1 aliphatic rings. The minimum absolute atomic E-state index is 0.398. The van der Waals surface area contributed by atoms with E-state index in [-0.39, 0.29) is 0 Å². The second kappa shape index (κ2) is 6.15. The third-order valence-electron chi connectivity index (χ3n) is 2.89. The fraction of sp³-hybridized carbons (Fsp3) is 1.00. The average molecular weight is 223 g/mol. The van der Waals surface area contributed by atoms with Crippen LogP contribution in [-0.2, 0) is 4.74 Å². The molecule has 0 aliphatic carbocycles. The fourth-order valence-corrected chi connectivity index (χ4v) is 2.68. The van der Waals surface area contributed by atoms with Gasteiger partial charge in [-0.1, -0.05) is 0 Å². The summed E-state index contributed by atoms with van der Waals surface area (Å²) in [5.41, 5.74) is 0.398. The normalized spacial score (nSPS) is 21.7. The fourth-order valence-electron chi connectivity index (χ4n) is 1.85. The summed E-state index contributed by atoms with van der Waals surface area (Å²) < 4.78 is 5.37. The van der Waals surface area contributed by atoms with Crippen LogP contribution in [-0.4, -0.2) is 31.1 Å². The molecule has 0 aromatic carbocycles. The maximum absolute atomic E-state index is 6.05. The van der Waals surface area contributed by atoms with Gasteiger partial charge in [0.2, 0.25) is 0 Å². The monoisotopic (exact) mass is 222 g/mol. The highest BCUT2D eigenvalue weighted by atomic mass is 35.5. The lowest BCUT2D eigenvalue weighted by Gasteiger charge is -2.35. The van der Waals surface area contributed by atoms with Crippen molar-refractivity contribution in [1.82, 2.24) is 0 Å².